The summed E-state index contributed by atoms with van der Waals surface area (Å²) in [6.45, 7) is 6.67. The molecule has 1 aliphatic rings. The van der Waals surface area contributed by atoms with Gasteiger partial charge in [-0.25, -0.2) is 0 Å². The molecule has 0 aromatic heterocycles. The molecule has 17 heavy (non-hydrogen) atoms. The second-order valence-corrected chi connectivity index (χ2v) is 7.15. The Bertz CT molecular complexity index is 429. The van der Waals surface area contributed by atoms with Gasteiger partial charge in [-0.2, -0.15) is 11.8 Å². The molecule has 2 rings (SSSR count). The van der Waals surface area contributed by atoms with Crippen LogP contribution in [0.4, 0.5) is 5.69 Å². The molecular weight excluding hydrogens is 248 g/mol. The summed E-state index contributed by atoms with van der Waals surface area (Å²) in [5.41, 5.74) is 7.95. The number of rotatable bonds is 2. The number of nitrogens with zero attached hydrogens (tertiary/aromatic N) is 1. The topological polar surface area (TPSA) is 29.3 Å². The largest absolute Gasteiger partial charge is 0.389 e. The maximum absolute atomic E-state index is 5.79. The molecule has 1 fully saturated rings. The molecule has 0 radical (unpaired) electrons. The molecule has 0 spiro atoms. The van der Waals surface area contributed by atoms with E-state index in [2.05, 4.69) is 24.8 Å². The molecule has 4 heteroatoms. The molecular formula is C13H18N2S2. The van der Waals surface area contributed by atoms with Gasteiger partial charge in [0.1, 0.15) is 4.99 Å². The summed E-state index contributed by atoms with van der Waals surface area (Å²) in [7, 11) is 0. The summed E-state index contributed by atoms with van der Waals surface area (Å²) >= 11 is 7.15. The van der Waals surface area contributed by atoms with Crippen LogP contribution in [0.5, 0.6) is 0 Å². The third-order valence-electron chi connectivity index (χ3n) is 2.94. The molecule has 0 unspecified atom stereocenters. The van der Waals surface area contributed by atoms with Gasteiger partial charge in [0, 0.05) is 34.8 Å². The minimum Gasteiger partial charge on any atom is -0.389 e. The minimum absolute atomic E-state index is 0.293. The van der Waals surface area contributed by atoms with Gasteiger partial charge in [-0.3, -0.25) is 0 Å². The average Bonchev–Trinajstić information content (AvgIpc) is 2.27. The lowest BCUT2D eigenvalue weighted by Crippen LogP contribution is -2.43. The van der Waals surface area contributed by atoms with Crippen molar-refractivity contribution in [2.45, 2.75) is 18.6 Å². The first-order valence-electron chi connectivity index (χ1n) is 5.77. The fourth-order valence-corrected chi connectivity index (χ4v) is 3.46. The van der Waals surface area contributed by atoms with Crippen molar-refractivity contribution >= 4 is 34.7 Å². The van der Waals surface area contributed by atoms with E-state index >= 15 is 0 Å². The van der Waals surface area contributed by atoms with Gasteiger partial charge in [-0.15, -0.1) is 0 Å². The van der Waals surface area contributed by atoms with Gasteiger partial charge in [-0.05, 0) is 26.0 Å². The van der Waals surface area contributed by atoms with Gasteiger partial charge >= 0.3 is 0 Å². The zero-order valence-electron chi connectivity index (χ0n) is 10.3. The Morgan fingerprint density at radius 2 is 2.12 bits per heavy atom. The monoisotopic (exact) mass is 266 g/mol. The third-order valence-corrected chi connectivity index (χ3v) is 4.45. The summed E-state index contributed by atoms with van der Waals surface area (Å²) < 4.78 is 0.293. The maximum atomic E-state index is 5.79. The summed E-state index contributed by atoms with van der Waals surface area (Å²) in [5.74, 6) is 1.15. The van der Waals surface area contributed by atoms with Crippen molar-refractivity contribution in [3.8, 4) is 0 Å². The molecule has 1 aromatic carbocycles. The number of para-hydroxylation sites is 1. The van der Waals surface area contributed by atoms with E-state index < -0.39 is 0 Å². The van der Waals surface area contributed by atoms with Crippen LogP contribution in [0.1, 0.15) is 19.4 Å². The zero-order chi connectivity index (χ0) is 12.5. The Morgan fingerprint density at radius 1 is 1.41 bits per heavy atom. The summed E-state index contributed by atoms with van der Waals surface area (Å²) in [4.78, 5) is 2.88. The van der Waals surface area contributed by atoms with Crippen molar-refractivity contribution in [1.82, 2.24) is 0 Å². The van der Waals surface area contributed by atoms with Crippen molar-refractivity contribution in [3.05, 3.63) is 29.8 Å². The normalized spacial score (nSPS) is 19.1. The fraction of sp³-hybridized carbons (Fsp3) is 0.462. The molecule has 0 atom stereocenters. The Hall–Kier alpha value is -0.740. The van der Waals surface area contributed by atoms with E-state index in [1.165, 1.54) is 5.69 Å². The van der Waals surface area contributed by atoms with E-state index in [1.54, 1.807) is 0 Å². The number of benzene rings is 1. The number of thiocarbonyl (C=S) groups is 1. The highest BCUT2D eigenvalue weighted by atomic mass is 32.2. The smallest absolute Gasteiger partial charge is 0.106 e. The van der Waals surface area contributed by atoms with Crippen LogP contribution in [-0.2, 0) is 0 Å². The van der Waals surface area contributed by atoms with Gasteiger partial charge in [0.25, 0.3) is 0 Å². The summed E-state index contributed by atoms with van der Waals surface area (Å²) in [6.07, 6.45) is 0. The van der Waals surface area contributed by atoms with Gasteiger partial charge in [0.2, 0.25) is 0 Å². The lowest BCUT2D eigenvalue weighted by atomic mass is 10.1. The zero-order valence-corrected chi connectivity index (χ0v) is 11.9. The first-order chi connectivity index (χ1) is 7.99. The van der Waals surface area contributed by atoms with Crippen LogP contribution in [0, 0.1) is 0 Å². The van der Waals surface area contributed by atoms with Crippen LogP contribution < -0.4 is 10.6 Å². The first-order valence-corrected chi connectivity index (χ1v) is 7.17. The number of anilines is 1. The van der Waals surface area contributed by atoms with E-state index in [0.29, 0.717) is 9.74 Å². The SMILES string of the molecule is CC1(C)CN(c2ccccc2C(N)=S)CCS1. The number of hydrogen-bond donors (Lipinski definition) is 1. The molecule has 1 heterocycles. The van der Waals surface area contributed by atoms with Crippen LogP contribution in [0.15, 0.2) is 24.3 Å². The quantitative estimate of drug-likeness (QED) is 0.833. The highest BCUT2D eigenvalue weighted by Gasteiger charge is 2.28. The predicted octanol–water partition coefficient (Wildman–Crippen LogP) is 2.65. The van der Waals surface area contributed by atoms with E-state index in [1.807, 2.05) is 30.0 Å². The predicted molar refractivity (Wildman–Crippen MR) is 81.1 cm³/mol. The fourth-order valence-electron chi connectivity index (χ4n) is 2.18. The number of nitrogens with two attached hydrogens (primary N) is 1. The Labute approximate surface area is 113 Å². The molecule has 92 valence electrons. The van der Waals surface area contributed by atoms with Crippen molar-refractivity contribution in [2.24, 2.45) is 5.73 Å². The molecule has 2 nitrogen and oxygen atoms in total. The van der Waals surface area contributed by atoms with Gasteiger partial charge in [0.05, 0.1) is 0 Å². The average molecular weight is 266 g/mol. The van der Waals surface area contributed by atoms with Gasteiger partial charge in [0.15, 0.2) is 0 Å². The molecule has 1 aromatic rings. The lowest BCUT2D eigenvalue weighted by Gasteiger charge is -2.39. The highest BCUT2D eigenvalue weighted by Crippen LogP contribution is 2.33. The molecule has 0 aliphatic carbocycles. The van der Waals surface area contributed by atoms with Crippen molar-refractivity contribution in [2.75, 3.05) is 23.7 Å². The van der Waals surface area contributed by atoms with E-state index in [0.717, 1.165) is 24.4 Å². The Morgan fingerprint density at radius 3 is 2.76 bits per heavy atom. The standard InChI is InChI=1S/C13H18N2S2/c1-13(2)9-15(7-8-17-13)11-6-4-3-5-10(11)12(14)16/h3-6H,7-9H2,1-2H3,(H2,14,16). The minimum atomic E-state index is 0.293. The molecule has 2 N–H and O–H groups in total. The second-order valence-electron chi connectivity index (χ2n) is 4.91. The van der Waals surface area contributed by atoms with Crippen LogP contribution in [0.25, 0.3) is 0 Å². The Balaban J connectivity index is 2.30. The van der Waals surface area contributed by atoms with E-state index in [-0.39, 0.29) is 0 Å². The Kier molecular flexibility index (Phi) is 3.64. The molecule has 0 saturated carbocycles. The maximum Gasteiger partial charge on any atom is 0.106 e. The lowest BCUT2D eigenvalue weighted by molar-refractivity contribution is 0.647. The molecule has 0 bridgehead atoms. The van der Waals surface area contributed by atoms with E-state index in [4.69, 9.17) is 18.0 Å². The first kappa shape index (κ1) is 12.7. The van der Waals surface area contributed by atoms with Gasteiger partial charge < -0.3 is 10.6 Å². The van der Waals surface area contributed by atoms with Crippen LogP contribution in [0.2, 0.25) is 0 Å². The summed E-state index contributed by atoms with van der Waals surface area (Å²) in [5, 5.41) is 0. The van der Waals surface area contributed by atoms with Crippen molar-refractivity contribution in [3.63, 3.8) is 0 Å². The third kappa shape index (κ3) is 2.93. The van der Waals surface area contributed by atoms with Crippen LogP contribution in [-0.4, -0.2) is 28.6 Å². The van der Waals surface area contributed by atoms with Crippen LogP contribution in [0.3, 0.4) is 0 Å². The van der Waals surface area contributed by atoms with Crippen molar-refractivity contribution in [1.29, 1.82) is 0 Å². The molecule has 0 amide bonds. The van der Waals surface area contributed by atoms with Crippen LogP contribution >= 0.6 is 24.0 Å². The molecule has 1 saturated heterocycles. The number of hydrogen-bond acceptors (Lipinski definition) is 3. The second kappa shape index (κ2) is 4.86. The molecule has 1 aliphatic heterocycles. The van der Waals surface area contributed by atoms with E-state index in [9.17, 15) is 0 Å². The van der Waals surface area contributed by atoms with Gasteiger partial charge in [-0.1, -0.05) is 24.4 Å². The summed E-state index contributed by atoms with van der Waals surface area (Å²) in [6, 6.07) is 8.15. The number of thioether (sulfide) groups is 1. The highest BCUT2D eigenvalue weighted by molar-refractivity contribution is 8.00. The van der Waals surface area contributed by atoms with Crippen molar-refractivity contribution < 1.29 is 0 Å².